The fraction of sp³-hybridized carbons (Fsp3) is 0.0526. The molecule has 0 fully saturated rings. The van der Waals surface area contributed by atoms with Crippen molar-refractivity contribution in [1.82, 2.24) is 4.98 Å². The van der Waals surface area contributed by atoms with Gasteiger partial charge in [0.25, 0.3) is 5.91 Å². The molecule has 0 saturated heterocycles. The molecule has 0 unspecified atom stereocenters. The molecule has 1 amide bonds. The number of rotatable bonds is 5. The monoisotopic (exact) mass is 320 g/mol. The van der Waals surface area contributed by atoms with Crippen molar-refractivity contribution in [2.75, 3.05) is 12.4 Å². The van der Waals surface area contributed by atoms with Gasteiger partial charge >= 0.3 is 0 Å². The van der Waals surface area contributed by atoms with E-state index in [1.807, 2.05) is 36.4 Å². The smallest absolute Gasteiger partial charge is 0.261 e. The summed E-state index contributed by atoms with van der Waals surface area (Å²) in [5.41, 5.74) is 1.06. The third-order valence-corrected chi connectivity index (χ3v) is 3.30. The van der Waals surface area contributed by atoms with Crippen molar-refractivity contribution in [2.45, 2.75) is 0 Å². The van der Waals surface area contributed by atoms with Gasteiger partial charge in [0, 0.05) is 18.0 Å². The van der Waals surface area contributed by atoms with Crippen molar-refractivity contribution < 1.29 is 14.3 Å². The van der Waals surface area contributed by atoms with Crippen molar-refractivity contribution in [3.8, 4) is 17.4 Å². The lowest BCUT2D eigenvalue weighted by molar-refractivity contribution is 0.102. The molecule has 0 saturated carbocycles. The second kappa shape index (κ2) is 7.28. The third-order valence-electron chi connectivity index (χ3n) is 3.30. The molecule has 3 aromatic rings. The predicted molar refractivity (Wildman–Crippen MR) is 91.7 cm³/mol. The van der Waals surface area contributed by atoms with Crippen LogP contribution in [0.25, 0.3) is 0 Å². The van der Waals surface area contributed by atoms with Crippen molar-refractivity contribution in [3.63, 3.8) is 0 Å². The SMILES string of the molecule is COc1cccc(Oc2ncccc2C(=O)Nc2ccccc2)c1. The summed E-state index contributed by atoms with van der Waals surface area (Å²) in [4.78, 5) is 16.7. The number of carbonyl (C=O) groups excluding carboxylic acids is 1. The lowest BCUT2D eigenvalue weighted by Gasteiger charge is -2.11. The van der Waals surface area contributed by atoms with Crippen LogP contribution in [-0.2, 0) is 0 Å². The first-order valence-corrected chi connectivity index (χ1v) is 7.39. The highest BCUT2D eigenvalue weighted by Crippen LogP contribution is 2.26. The number of benzene rings is 2. The number of carbonyl (C=O) groups is 1. The van der Waals surface area contributed by atoms with E-state index in [2.05, 4.69) is 10.3 Å². The summed E-state index contributed by atoms with van der Waals surface area (Å²) in [6.45, 7) is 0. The van der Waals surface area contributed by atoms with Gasteiger partial charge in [0.05, 0.1) is 7.11 Å². The Kier molecular flexibility index (Phi) is 4.72. The topological polar surface area (TPSA) is 60.5 Å². The average molecular weight is 320 g/mol. The number of ether oxygens (including phenoxy) is 2. The molecule has 0 radical (unpaired) electrons. The Morgan fingerprint density at radius 2 is 1.75 bits per heavy atom. The van der Waals surface area contributed by atoms with Gasteiger partial charge in [-0.15, -0.1) is 0 Å². The molecular formula is C19H16N2O3. The van der Waals surface area contributed by atoms with Crippen molar-refractivity contribution in [2.24, 2.45) is 0 Å². The summed E-state index contributed by atoms with van der Waals surface area (Å²) in [5, 5.41) is 2.82. The molecule has 0 aliphatic carbocycles. The number of methoxy groups -OCH3 is 1. The van der Waals surface area contributed by atoms with E-state index in [1.165, 1.54) is 0 Å². The minimum atomic E-state index is -0.285. The largest absolute Gasteiger partial charge is 0.497 e. The standard InChI is InChI=1S/C19H16N2O3/c1-23-15-9-5-10-16(13-15)24-19-17(11-6-12-20-19)18(22)21-14-7-3-2-4-8-14/h2-13H,1H3,(H,21,22). The Morgan fingerprint density at radius 3 is 2.54 bits per heavy atom. The van der Waals surface area contributed by atoms with Gasteiger partial charge in [-0.2, -0.15) is 0 Å². The fourth-order valence-corrected chi connectivity index (χ4v) is 2.14. The molecule has 1 heterocycles. The van der Waals surface area contributed by atoms with Gasteiger partial charge in [0.1, 0.15) is 17.1 Å². The van der Waals surface area contributed by atoms with Gasteiger partial charge < -0.3 is 14.8 Å². The quantitative estimate of drug-likeness (QED) is 0.767. The van der Waals surface area contributed by atoms with Gasteiger partial charge in [-0.25, -0.2) is 4.98 Å². The molecule has 5 nitrogen and oxygen atoms in total. The molecule has 0 aliphatic heterocycles. The highest BCUT2D eigenvalue weighted by Gasteiger charge is 2.14. The maximum Gasteiger partial charge on any atom is 0.261 e. The number of amides is 1. The predicted octanol–water partition coefficient (Wildman–Crippen LogP) is 4.13. The molecule has 2 aromatic carbocycles. The highest BCUT2D eigenvalue weighted by atomic mass is 16.5. The Balaban J connectivity index is 1.83. The highest BCUT2D eigenvalue weighted by molar-refractivity contribution is 6.05. The average Bonchev–Trinajstić information content (AvgIpc) is 2.63. The first-order valence-electron chi connectivity index (χ1n) is 7.39. The number of hydrogen-bond donors (Lipinski definition) is 1. The molecular weight excluding hydrogens is 304 g/mol. The molecule has 0 atom stereocenters. The van der Waals surface area contributed by atoms with Crippen molar-refractivity contribution in [1.29, 1.82) is 0 Å². The second-order valence-electron chi connectivity index (χ2n) is 4.96. The van der Waals surface area contributed by atoms with E-state index in [1.54, 1.807) is 43.6 Å². The van der Waals surface area contributed by atoms with Crippen LogP contribution in [0.15, 0.2) is 72.9 Å². The van der Waals surface area contributed by atoms with Gasteiger partial charge in [-0.05, 0) is 36.4 Å². The van der Waals surface area contributed by atoms with Crippen LogP contribution < -0.4 is 14.8 Å². The maximum absolute atomic E-state index is 12.5. The van der Waals surface area contributed by atoms with Crippen LogP contribution in [0, 0.1) is 0 Å². The van der Waals surface area contributed by atoms with Crippen LogP contribution in [0.2, 0.25) is 0 Å². The van der Waals surface area contributed by atoms with E-state index < -0.39 is 0 Å². The van der Waals surface area contributed by atoms with Gasteiger partial charge in [0.15, 0.2) is 0 Å². The van der Waals surface area contributed by atoms with E-state index in [-0.39, 0.29) is 11.8 Å². The van der Waals surface area contributed by atoms with Crippen LogP contribution in [0.1, 0.15) is 10.4 Å². The van der Waals surface area contributed by atoms with Crippen LogP contribution in [0.3, 0.4) is 0 Å². The van der Waals surface area contributed by atoms with E-state index in [4.69, 9.17) is 9.47 Å². The minimum absolute atomic E-state index is 0.235. The summed E-state index contributed by atoms with van der Waals surface area (Å²) in [7, 11) is 1.58. The number of para-hydroxylation sites is 1. The third kappa shape index (κ3) is 3.70. The van der Waals surface area contributed by atoms with Crippen LogP contribution in [0.4, 0.5) is 5.69 Å². The molecule has 0 bridgehead atoms. The number of nitrogens with one attached hydrogen (secondary N) is 1. The number of pyridine rings is 1. The van der Waals surface area contributed by atoms with Crippen molar-refractivity contribution in [3.05, 3.63) is 78.5 Å². The summed E-state index contributed by atoms with van der Waals surface area (Å²) in [6, 6.07) is 19.7. The summed E-state index contributed by atoms with van der Waals surface area (Å²) in [5.74, 6) is 1.16. The van der Waals surface area contributed by atoms with Crippen LogP contribution in [-0.4, -0.2) is 18.0 Å². The Hall–Kier alpha value is -3.34. The molecule has 24 heavy (non-hydrogen) atoms. The lowest BCUT2D eigenvalue weighted by Crippen LogP contribution is -2.13. The number of hydrogen-bond acceptors (Lipinski definition) is 4. The fourth-order valence-electron chi connectivity index (χ4n) is 2.14. The molecule has 0 spiro atoms. The van der Waals surface area contributed by atoms with E-state index in [0.717, 1.165) is 0 Å². The molecule has 1 aromatic heterocycles. The van der Waals surface area contributed by atoms with E-state index >= 15 is 0 Å². The minimum Gasteiger partial charge on any atom is -0.497 e. The second-order valence-corrected chi connectivity index (χ2v) is 4.96. The summed E-state index contributed by atoms with van der Waals surface area (Å²) >= 11 is 0. The zero-order valence-corrected chi connectivity index (χ0v) is 13.1. The molecule has 0 aliphatic rings. The summed E-state index contributed by atoms with van der Waals surface area (Å²) < 4.78 is 10.9. The number of aromatic nitrogens is 1. The van der Waals surface area contributed by atoms with E-state index in [9.17, 15) is 4.79 Å². The zero-order valence-electron chi connectivity index (χ0n) is 13.1. The maximum atomic E-state index is 12.5. The first-order chi connectivity index (χ1) is 11.8. The van der Waals surface area contributed by atoms with Gasteiger partial charge in [0.2, 0.25) is 5.88 Å². The molecule has 5 heteroatoms. The van der Waals surface area contributed by atoms with Gasteiger partial charge in [-0.3, -0.25) is 4.79 Å². The molecule has 120 valence electrons. The van der Waals surface area contributed by atoms with Crippen molar-refractivity contribution >= 4 is 11.6 Å². The molecule has 3 rings (SSSR count). The van der Waals surface area contributed by atoms with Gasteiger partial charge in [-0.1, -0.05) is 24.3 Å². The Morgan fingerprint density at radius 1 is 0.958 bits per heavy atom. The van der Waals surface area contributed by atoms with Crippen LogP contribution in [0.5, 0.6) is 17.4 Å². The first kappa shape index (κ1) is 15.6. The Bertz CT molecular complexity index is 835. The number of anilines is 1. The Labute approximate surface area is 139 Å². The number of nitrogens with zero attached hydrogens (tertiary/aromatic N) is 1. The van der Waals surface area contributed by atoms with Crippen LogP contribution >= 0.6 is 0 Å². The van der Waals surface area contributed by atoms with E-state index in [0.29, 0.717) is 22.7 Å². The summed E-state index contributed by atoms with van der Waals surface area (Å²) in [6.07, 6.45) is 1.58. The molecule has 1 N–H and O–H groups in total. The zero-order chi connectivity index (χ0) is 16.8. The lowest BCUT2D eigenvalue weighted by atomic mass is 10.2. The normalized spacial score (nSPS) is 10.0.